The minimum absolute atomic E-state index is 0.131. The van der Waals surface area contributed by atoms with Crippen molar-refractivity contribution in [2.24, 2.45) is 0 Å². The number of halogens is 8. The number of hydrogen-bond acceptors (Lipinski definition) is 0. The number of benzene rings is 4. The first-order valence-electron chi connectivity index (χ1n) is 10.3. The molecule has 35 heavy (non-hydrogen) atoms. The summed E-state index contributed by atoms with van der Waals surface area (Å²) in [6.45, 7) is 0. The third kappa shape index (κ3) is 5.53. The highest BCUT2D eigenvalue weighted by Crippen LogP contribution is 2.33. The van der Waals surface area contributed by atoms with E-state index in [4.69, 9.17) is 0 Å². The zero-order valence-corrected chi connectivity index (χ0v) is 17.8. The summed E-state index contributed by atoms with van der Waals surface area (Å²) in [6.07, 6.45) is -8.80. The molecule has 0 radical (unpaired) electrons. The van der Waals surface area contributed by atoms with Gasteiger partial charge in [-0.05, 0) is 65.1 Å². The van der Waals surface area contributed by atoms with Crippen molar-refractivity contribution in [3.63, 3.8) is 0 Å². The fraction of sp³-hybridized carbons (Fsp3) is 0.111. The van der Waals surface area contributed by atoms with Crippen molar-refractivity contribution in [3.8, 4) is 22.3 Å². The Kier molecular flexibility index (Phi) is 6.40. The largest absolute Gasteiger partial charge is 0.416 e. The van der Waals surface area contributed by atoms with Gasteiger partial charge in [-0.1, -0.05) is 48.5 Å². The highest BCUT2D eigenvalue weighted by Gasteiger charge is 2.30. The molecule has 0 atom stereocenters. The summed E-state index contributed by atoms with van der Waals surface area (Å²) in [5, 5.41) is 0. The number of alkyl halides is 6. The van der Waals surface area contributed by atoms with Gasteiger partial charge in [0.05, 0.1) is 11.1 Å². The number of rotatable bonds is 4. The molecular weight excluding hydrogens is 476 g/mol. The van der Waals surface area contributed by atoms with Gasteiger partial charge in [0.2, 0.25) is 0 Å². The third-order valence-electron chi connectivity index (χ3n) is 5.52. The van der Waals surface area contributed by atoms with Crippen LogP contribution in [0.2, 0.25) is 0 Å². The highest BCUT2D eigenvalue weighted by atomic mass is 19.4. The molecule has 0 aromatic heterocycles. The van der Waals surface area contributed by atoms with E-state index in [-0.39, 0.29) is 28.7 Å². The van der Waals surface area contributed by atoms with Gasteiger partial charge in [0.1, 0.15) is 11.6 Å². The van der Waals surface area contributed by atoms with Gasteiger partial charge in [0.25, 0.3) is 0 Å². The molecule has 0 heterocycles. The van der Waals surface area contributed by atoms with E-state index in [9.17, 15) is 35.1 Å². The Labute approximate surface area is 195 Å². The lowest BCUT2D eigenvalue weighted by molar-refractivity contribution is -0.138. The smallest absolute Gasteiger partial charge is 0.206 e. The van der Waals surface area contributed by atoms with Gasteiger partial charge < -0.3 is 0 Å². The van der Waals surface area contributed by atoms with Crippen LogP contribution in [0.1, 0.15) is 22.3 Å². The predicted molar refractivity (Wildman–Crippen MR) is 116 cm³/mol. The molecule has 0 aliphatic rings. The van der Waals surface area contributed by atoms with E-state index in [0.29, 0.717) is 11.1 Å². The molecule has 180 valence electrons. The topological polar surface area (TPSA) is 0 Å². The summed E-state index contributed by atoms with van der Waals surface area (Å²) in [5.74, 6) is -1.27. The first-order valence-corrected chi connectivity index (χ1v) is 10.3. The maximum atomic E-state index is 14.7. The van der Waals surface area contributed by atoms with Gasteiger partial charge >= 0.3 is 12.4 Å². The van der Waals surface area contributed by atoms with Crippen LogP contribution in [-0.2, 0) is 18.8 Å². The van der Waals surface area contributed by atoms with Crippen LogP contribution in [0.5, 0.6) is 0 Å². The zero-order chi connectivity index (χ0) is 25.4. The molecule has 0 amide bonds. The summed E-state index contributed by atoms with van der Waals surface area (Å²) in [5.41, 5.74) is 0.195. The van der Waals surface area contributed by atoms with Crippen LogP contribution in [0.25, 0.3) is 22.3 Å². The van der Waals surface area contributed by atoms with E-state index in [1.54, 1.807) is 12.1 Å². The lowest BCUT2D eigenvalue weighted by atomic mass is 9.97. The molecule has 0 saturated carbocycles. The summed E-state index contributed by atoms with van der Waals surface area (Å²) in [7, 11) is 0. The Balaban J connectivity index is 1.52. The third-order valence-corrected chi connectivity index (χ3v) is 5.52. The first kappa shape index (κ1) is 24.4. The van der Waals surface area contributed by atoms with Crippen molar-refractivity contribution in [2.45, 2.75) is 18.8 Å². The quantitative estimate of drug-likeness (QED) is 0.250. The van der Waals surface area contributed by atoms with Gasteiger partial charge in [0.15, 0.2) is 0 Å². The highest BCUT2D eigenvalue weighted by molar-refractivity contribution is 5.66. The van der Waals surface area contributed by atoms with Crippen molar-refractivity contribution in [1.82, 2.24) is 0 Å². The SMILES string of the molecule is Fc1cc(Cc2ccc(-c3ccc(C(F)(F)F)cc3)c(F)c2)ccc1-c1ccc(C(F)(F)F)cc1. The first-order chi connectivity index (χ1) is 16.4. The predicted octanol–water partition coefficient (Wildman–Crippen LogP) is 8.93. The molecule has 0 unspecified atom stereocenters. The minimum Gasteiger partial charge on any atom is -0.206 e. The molecule has 0 N–H and O–H groups in total. The Morgan fingerprint density at radius 3 is 1.09 bits per heavy atom. The summed E-state index contributed by atoms with van der Waals surface area (Å²) >= 11 is 0. The fourth-order valence-electron chi connectivity index (χ4n) is 3.72. The molecule has 0 spiro atoms. The average molecular weight is 492 g/mol. The molecule has 4 rings (SSSR count). The van der Waals surface area contributed by atoms with E-state index in [0.717, 1.165) is 24.3 Å². The molecule has 8 heteroatoms. The fourth-order valence-corrected chi connectivity index (χ4v) is 3.72. The van der Waals surface area contributed by atoms with Crippen LogP contribution in [0.4, 0.5) is 35.1 Å². The Hall–Kier alpha value is -3.68. The second-order valence-corrected chi connectivity index (χ2v) is 7.96. The van der Waals surface area contributed by atoms with Gasteiger partial charge in [-0.2, -0.15) is 26.3 Å². The molecule has 0 nitrogen and oxygen atoms in total. The average Bonchev–Trinajstić information content (AvgIpc) is 2.78. The Bertz CT molecular complexity index is 1230. The van der Waals surface area contributed by atoms with Gasteiger partial charge in [-0.15, -0.1) is 0 Å². The van der Waals surface area contributed by atoms with Gasteiger partial charge in [0, 0.05) is 11.1 Å². The van der Waals surface area contributed by atoms with Crippen molar-refractivity contribution >= 4 is 0 Å². The van der Waals surface area contributed by atoms with Crippen molar-refractivity contribution in [1.29, 1.82) is 0 Å². The lowest BCUT2D eigenvalue weighted by Gasteiger charge is -2.11. The van der Waals surface area contributed by atoms with Gasteiger partial charge in [-0.3, -0.25) is 0 Å². The Morgan fingerprint density at radius 2 is 0.800 bits per heavy atom. The van der Waals surface area contributed by atoms with E-state index in [2.05, 4.69) is 0 Å². The zero-order valence-electron chi connectivity index (χ0n) is 17.8. The molecule has 0 aliphatic carbocycles. The van der Waals surface area contributed by atoms with Crippen LogP contribution < -0.4 is 0 Å². The van der Waals surface area contributed by atoms with E-state index < -0.39 is 35.1 Å². The van der Waals surface area contributed by atoms with E-state index >= 15 is 0 Å². The number of hydrogen-bond donors (Lipinski definition) is 0. The summed E-state index contributed by atoms with van der Waals surface area (Å²) in [4.78, 5) is 0. The monoisotopic (exact) mass is 492 g/mol. The van der Waals surface area contributed by atoms with Crippen LogP contribution >= 0.6 is 0 Å². The van der Waals surface area contributed by atoms with Gasteiger partial charge in [-0.25, -0.2) is 8.78 Å². The maximum Gasteiger partial charge on any atom is 0.416 e. The molecule has 4 aromatic rings. The van der Waals surface area contributed by atoms with Crippen LogP contribution in [0.15, 0.2) is 84.9 Å². The minimum atomic E-state index is -4.49. The van der Waals surface area contributed by atoms with Crippen molar-refractivity contribution in [3.05, 3.63) is 119 Å². The van der Waals surface area contributed by atoms with Crippen molar-refractivity contribution < 1.29 is 35.1 Å². The molecule has 0 fully saturated rings. The maximum absolute atomic E-state index is 14.7. The summed E-state index contributed by atoms with van der Waals surface area (Å²) in [6, 6.07) is 16.8. The second-order valence-electron chi connectivity index (χ2n) is 7.96. The molecule has 0 aliphatic heterocycles. The Morgan fingerprint density at radius 1 is 0.457 bits per heavy atom. The lowest BCUT2D eigenvalue weighted by Crippen LogP contribution is -2.04. The molecule has 0 bridgehead atoms. The van der Waals surface area contributed by atoms with Crippen LogP contribution in [-0.4, -0.2) is 0 Å². The molecule has 4 aromatic carbocycles. The van der Waals surface area contributed by atoms with E-state index in [1.807, 2.05) is 0 Å². The second kappa shape index (κ2) is 9.17. The standard InChI is InChI=1S/C27H16F8/c28-24-14-16(1-11-22(24)18-3-7-20(8-4-18)26(30,31)32)13-17-2-12-23(25(29)15-17)19-5-9-21(10-6-19)27(33,34)35/h1-12,14-15H,13H2. The molecule has 0 saturated heterocycles. The summed E-state index contributed by atoms with van der Waals surface area (Å²) < 4.78 is 106. The van der Waals surface area contributed by atoms with Crippen LogP contribution in [0, 0.1) is 11.6 Å². The van der Waals surface area contributed by atoms with Crippen LogP contribution in [0.3, 0.4) is 0 Å². The molecular formula is C27H16F8. The van der Waals surface area contributed by atoms with Crippen molar-refractivity contribution in [2.75, 3.05) is 0 Å². The normalized spacial score (nSPS) is 12.1. The van der Waals surface area contributed by atoms with E-state index in [1.165, 1.54) is 48.5 Å².